The number of rotatable bonds is 6. The zero-order valence-corrected chi connectivity index (χ0v) is 14.6. The second kappa shape index (κ2) is 7.79. The van der Waals surface area contributed by atoms with Gasteiger partial charge in [0.15, 0.2) is 0 Å². The molecule has 0 fully saturated rings. The molecule has 3 nitrogen and oxygen atoms in total. The Bertz CT molecular complexity index is 428. The molecule has 0 heterocycles. The van der Waals surface area contributed by atoms with Gasteiger partial charge in [-0.25, -0.2) is 0 Å². The van der Waals surface area contributed by atoms with Crippen LogP contribution in [0, 0.1) is 12.8 Å². The zero-order chi connectivity index (χ0) is 15.3. The molecule has 1 aromatic carbocycles. The molecule has 1 amide bonds. The Morgan fingerprint density at radius 1 is 1.30 bits per heavy atom. The molecule has 1 atom stereocenters. The minimum Gasteiger partial charge on any atom is -0.348 e. The first-order valence-electron chi connectivity index (χ1n) is 7.00. The van der Waals surface area contributed by atoms with Crippen LogP contribution in [0.3, 0.4) is 0 Å². The molecule has 4 heteroatoms. The van der Waals surface area contributed by atoms with E-state index in [9.17, 15) is 4.79 Å². The van der Waals surface area contributed by atoms with E-state index in [1.165, 1.54) is 0 Å². The fourth-order valence-corrected chi connectivity index (χ4v) is 2.93. The second-order valence-corrected chi connectivity index (χ2v) is 7.00. The molecule has 0 saturated heterocycles. The number of aryl methyl sites for hydroxylation is 1. The maximum atomic E-state index is 12.4. The summed E-state index contributed by atoms with van der Waals surface area (Å²) in [6, 6.07) is 5.96. The van der Waals surface area contributed by atoms with Crippen LogP contribution in [-0.4, -0.2) is 37.5 Å². The third kappa shape index (κ3) is 6.06. The smallest absolute Gasteiger partial charge is 0.251 e. The summed E-state index contributed by atoms with van der Waals surface area (Å²) in [6.45, 7) is 7.21. The molecule has 1 aromatic rings. The number of carbonyl (C=O) groups is 1. The van der Waals surface area contributed by atoms with Gasteiger partial charge in [-0.2, -0.15) is 0 Å². The Kier molecular flexibility index (Phi) is 6.69. The summed E-state index contributed by atoms with van der Waals surface area (Å²) in [5.74, 6) is 0.561. The molecule has 0 radical (unpaired) electrons. The van der Waals surface area contributed by atoms with E-state index in [-0.39, 0.29) is 11.9 Å². The number of carbonyl (C=O) groups excluding carboxylic acids is 1. The van der Waals surface area contributed by atoms with Crippen molar-refractivity contribution < 1.29 is 4.79 Å². The summed E-state index contributed by atoms with van der Waals surface area (Å²) in [7, 11) is 4.06. The average Bonchev–Trinajstić information content (AvgIpc) is 2.25. The summed E-state index contributed by atoms with van der Waals surface area (Å²) in [5.41, 5.74) is 1.79. The van der Waals surface area contributed by atoms with Crippen molar-refractivity contribution in [3.8, 4) is 0 Å². The van der Waals surface area contributed by atoms with E-state index in [0.717, 1.165) is 23.0 Å². The van der Waals surface area contributed by atoms with E-state index < -0.39 is 0 Å². The predicted octanol–water partition coefficient (Wildman–Crippen LogP) is 3.46. The lowest BCUT2D eigenvalue weighted by Crippen LogP contribution is -2.42. The molecule has 1 N–H and O–H groups in total. The molecule has 0 aliphatic carbocycles. The maximum Gasteiger partial charge on any atom is 0.251 e. The molecule has 20 heavy (non-hydrogen) atoms. The highest BCUT2D eigenvalue weighted by Gasteiger charge is 2.16. The Morgan fingerprint density at radius 3 is 2.45 bits per heavy atom. The molecule has 0 saturated carbocycles. The van der Waals surface area contributed by atoms with Gasteiger partial charge in [0.25, 0.3) is 5.91 Å². The summed E-state index contributed by atoms with van der Waals surface area (Å²) in [4.78, 5) is 14.5. The number of halogens is 1. The number of hydrogen-bond donors (Lipinski definition) is 1. The Morgan fingerprint density at radius 2 is 1.95 bits per heavy atom. The van der Waals surface area contributed by atoms with E-state index >= 15 is 0 Å². The largest absolute Gasteiger partial charge is 0.348 e. The van der Waals surface area contributed by atoms with Gasteiger partial charge in [0.1, 0.15) is 0 Å². The first-order valence-corrected chi connectivity index (χ1v) is 7.80. The molecule has 0 spiro atoms. The minimum atomic E-state index is 0.00176. The predicted molar refractivity (Wildman–Crippen MR) is 88.1 cm³/mol. The monoisotopic (exact) mass is 340 g/mol. The fraction of sp³-hybridized carbons (Fsp3) is 0.562. The van der Waals surface area contributed by atoms with Crippen LogP contribution in [0.25, 0.3) is 0 Å². The van der Waals surface area contributed by atoms with Gasteiger partial charge >= 0.3 is 0 Å². The Labute approximate surface area is 130 Å². The van der Waals surface area contributed by atoms with Crippen molar-refractivity contribution in [2.24, 2.45) is 5.92 Å². The third-order valence-electron chi connectivity index (χ3n) is 2.98. The van der Waals surface area contributed by atoms with E-state index in [4.69, 9.17) is 0 Å². The van der Waals surface area contributed by atoms with Gasteiger partial charge in [-0.05, 0) is 57.1 Å². The molecular formula is C16H25BrN2O. The third-order valence-corrected chi connectivity index (χ3v) is 3.44. The number of amides is 1. The molecule has 1 rings (SSSR count). The average molecular weight is 341 g/mol. The summed E-state index contributed by atoms with van der Waals surface area (Å²) in [5, 5.41) is 3.15. The zero-order valence-electron chi connectivity index (χ0n) is 13.0. The molecule has 0 aliphatic rings. The normalized spacial score (nSPS) is 12.8. The topological polar surface area (TPSA) is 32.3 Å². The van der Waals surface area contributed by atoms with Crippen LogP contribution in [-0.2, 0) is 0 Å². The number of nitrogens with zero attached hydrogens (tertiary/aromatic N) is 1. The number of benzene rings is 1. The lowest BCUT2D eigenvalue weighted by Gasteiger charge is -2.24. The van der Waals surface area contributed by atoms with Crippen molar-refractivity contribution in [3.05, 3.63) is 33.8 Å². The van der Waals surface area contributed by atoms with Gasteiger partial charge in [0.2, 0.25) is 0 Å². The van der Waals surface area contributed by atoms with Crippen LogP contribution in [0.1, 0.15) is 36.2 Å². The highest BCUT2D eigenvalue weighted by atomic mass is 79.9. The van der Waals surface area contributed by atoms with Crippen LogP contribution in [0.4, 0.5) is 0 Å². The summed E-state index contributed by atoms with van der Waals surface area (Å²) in [6.07, 6.45) is 0.983. The number of likely N-dealkylation sites (N-methyl/N-ethyl adjacent to an activating group) is 1. The van der Waals surface area contributed by atoms with E-state index in [1.54, 1.807) is 0 Å². The van der Waals surface area contributed by atoms with E-state index in [2.05, 4.69) is 40.0 Å². The molecule has 0 aliphatic heterocycles. The van der Waals surface area contributed by atoms with Crippen LogP contribution in [0.5, 0.6) is 0 Å². The van der Waals surface area contributed by atoms with Crippen molar-refractivity contribution in [1.29, 1.82) is 0 Å². The Hall–Kier alpha value is -0.870. The maximum absolute atomic E-state index is 12.4. The van der Waals surface area contributed by atoms with E-state index in [0.29, 0.717) is 11.5 Å². The van der Waals surface area contributed by atoms with Gasteiger partial charge in [-0.3, -0.25) is 4.79 Å². The van der Waals surface area contributed by atoms with E-state index in [1.807, 2.05) is 39.2 Å². The molecular weight excluding hydrogens is 316 g/mol. The number of nitrogens with one attached hydrogen (secondary N) is 1. The Balaban J connectivity index is 2.78. The first kappa shape index (κ1) is 17.2. The van der Waals surface area contributed by atoms with Crippen molar-refractivity contribution in [1.82, 2.24) is 10.2 Å². The molecule has 1 unspecified atom stereocenters. The van der Waals surface area contributed by atoms with Gasteiger partial charge in [0.05, 0.1) is 0 Å². The summed E-state index contributed by atoms with van der Waals surface area (Å²) >= 11 is 3.44. The molecule has 0 aromatic heterocycles. The fourth-order valence-electron chi connectivity index (χ4n) is 2.33. The lowest BCUT2D eigenvalue weighted by atomic mass is 10.0. The van der Waals surface area contributed by atoms with Crippen molar-refractivity contribution in [2.45, 2.75) is 33.2 Å². The van der Waals surface area contributed by atoms with Gasteiger partial charge < -0.3 is 10.2 Å². The first-order chi connectivity index (χ1) is 9.27. The van der Waals surface area contributed by atoms with Crippen LogP contribution in [0.2, 0.25) is 0 Å². The SMILES string of the molecule is Cc1cc(Br)cc(C(=O)NC(CC(C)C)CN(C)C)c1. The second-order valence-electron chi connectivity index (χ2n) is 6.08. The lowest BCUT2D eigenvalue weighted by molar-refractivity contribution is 0.0924. The van der Waals surface area contributed by atoms with Crippen LogP contribution >= 0.6 is 15.9 Å². The van der Waals surface area contributed by atoms with Crippen LogP contribution in [0.15, 0.2) is 22.7 Å². The quantitative estimate of drug-likeness (QED) is 0.859. The van der Waals surface area contributed by atoms with Crippen molar-refractivity contribution in [3.63, 3.8) is 0 Å². The minimum absolute atomic E-state index is 0.00176. The van der Waals surface area contributed by atoms with Gasteiger partial charge in [0, 0.05) is 22.6 Å². The van der Waals surface area contributed by atoms with Crippen LogP contribution < -0.4 is 5.32 Å². The van der Waals surface area contributed by atoms with Gasteiger partial charge in [-0.15, -0.1) is 0 Å². The van der Waals surface area contributed by atoms with Gasteiger partial charge in [-0.1, -0.05) is 29.8 Å². The highest BCUT2D eigenvalue weighted by Crippen LogP contribution is 2.16. The van der Waals surface area contributed by atoms with Crippen molar-refractivity contribution >= 4 is 21.8 Å². The number of hydrogen-bond acceptors (Lipinski definition) is 2. The molecule has 112 valence electrons. The highest BCUT2D eigenvalue weighted by molar-refractivity contribution is 9.10. The summed E-state index contributed by atoms with van der Waals surface area (Å²) < 4.78 is 0.940. The standard InChI is InChI=1S/C16H25BrN2O/c1-11(2)6-15(10-19(4)5)18-16(20)13-7-12(3)8-14(17)9-13/h7-9,11,15H,6,10H2,1-5H3,(H,18,20). The van der Waals surface area contributed by atoms with Crippen molar-refractivity contribution in [2.75, 3.05) is 20.6 Å². The molecule has 0 bridgehead atoms.